The molecule has 0 aromatic rings. The van der Waals surface area contributed by atoms with Gasteiger partial charge in [-0.15, -0.1) is 24.0 Å². The van der Waals surface area contributed by atoms with Crippen molar-refractivity contribution in [1.82, 2.24) is 10.6 Å². The highest BCUT2D eigenvalue weighted by atomic mass is 127. The number of carbonyl (C=O) groups excluding carboxylic acids is 1. The molecule has 1 aliphatic carbocycles. The van der Waals surface area contributed by atoms with Gasteiger partial charge in [0.2, 0.25) is 0 Å². The molecule has 3 unspecified atom stereocenters. The van der Waals surface area contributed by atoms with Crippen LogP contribution in [0.15, 0.2) is 4.99 Å². The zero-order valence-corrected chi connectivity index (χ0v) is 17.4. The topological polar surface area (TPSA) is 79.8 Å². The minimum atomic E-state index is -0.727. The second-order valence-corrected chi connectivity index (χ2v) is 7.39. The molecule has 23 heavy (non-hydrogen) atoms. The van der Waals surface area contributed by atoms with E-state index in [1.165, 1.54) is 7.11 Å². The van der Waals surface area contributed by atoms with Crippen molar-refractivity contribution >= 4 is 46.7 Å². The highest BCUT2D eigenvalue weighted by Crippen LogP contribution is 2.22. The highest BCUT2D eigenvalue weighted by Gasteiger charge is 2.25. The fraction of sp³-hybridized carbons (Fsp3) is 0.867. The van der Waals surface area contributed by atoms with Crippen LogP contribution in [0.2, 0.25) is 0 Å². The average molecular weight is 459 g/mol. The quantitative estimate of drug-likeness (QED) is 0.263. The lowest BCUT2D eigenvalue weighted by atomic mass is 9.95. The number of nitrogens with zero attached hydrogens (tertiary/aromatic N) is 1. The summed E-state index contributed by atoms with van der Waals surface area (Å²) in [6.45, 7) is 5.15. The van der Waals surface area contributed by atoms with E-state index in [2.05, 4.69) is 20.4 Å². The summed E-state index contributed by atoms with van der Waals surface area (Å²) in [4.78, 5) is 15.5. The van der Waals surface area contributed by atoms with Crippen molar-refractivity contribution in [2.45, 2.75) is 57.2 Å². The molecule has 2 N–H and O–H groups in total. The molecule has 1 rings (SSSR count). The molecule has 0 spiro atoms. The summed E-state index contributed by atoms with van der Waals surface area (Å²) in [6.07, 6.45) is 4.41. The van der Waals surface area contributed by atoms with Gasteiger partial charge >= 0.3 is 5.97 Å². The Labute approximate surface area is 159 Å². The van der Waals surface area contributed by atoms with Gasteiger partial charge in [0, 0.05) is 34.4 Å². The van der Waals surface area contributed by atoms with E-state index < -0.39 is 10.8 Å². The Morgan fingerprint density at radius 1 is 1.35 bits per heavy atom. The molecule has 0 aromatic carbocycles. The number of rotatable bonds is 7. The monoisotopic (exact) mass is 459 g/mol. The fourth-order valence-corrected chi connectivity index (χ4v) is 3.97. The van der Waals surface area contributed by atoms with Gasteiger partial charge in [-0.2, -0.15) is 0 Å². The lowest BCUT2D eigenvalue weighted by Gasteiger charge is -2.30. The average Bonchev–Trinajstić information content (AvgIpc) is 2.54. The van der Waals surface area contributed by atoms with Gasteiger partial charge in [-0.1, -0.05) is 13.3 Å². The largest absolute Gasteiger partial charge is 0.469 e. The lowest BCUT2D eigenvalue weighted by molar-refractivity contribution is -0.140. The number of methoxy groups -OCH3 is 1. The Morgan fingerprint density at radius 3 is 2.70 bits per heavy atom. The van der Waals surface area contributed by atoms with Gasteiger partial charge in [0.15, 0.2) is 5.96 Å². The first-order chi connectivity index (χ1) is 10.6. The minimum Gasteiger partial charge on any atom is -0.469 e. The zero-order chi connectivity index (χ0) is 16.4. The Bertz CT molecular complexity index is 407. The number of carbonyl (C=O) groups is 1. The Hall–Kier alpha value is -0.380. The molecule has 3 atom stereocenters. The number of guanidine groups is 1. The summed E-state index contributed by atoms with van der Waals surface area (Å²) in [5.74, 6) is 1.19. The molecule has 0 saturated heterocycles. The van der Waals surface area contributed by atoms with Crippen molar-refractivity contribution < 1.29 is 13.7 Å². The predicted octanol–water partition coefficient (Wildman–Crippen LogP) is 1.80. The Morgan fingerprint density at radius 2 is 2.09 bits per heavy atom. The highest BCUT2D eigenvalue weighted by molar-refractivity contribution is 14.0. The molecule has 1 aliphatic rings. The van der Waals surface area contributed by atoms with Gasteiger partial charge in [0.05, 0.1) is 20.1 Å². The maximum Gasteiger partial charge on any atom is 0.307 e. The summed E-state index contributed by atoms with van der Waals surface area (Å²) in [5, 5.41) is 6.89. The molecule has 0 bridgehead atoms. The van der Waals surface area contributed by atoms with Gasteiger partial charge < -0.3 is 15.4 Å². The standard InChI is InChI=1S/C15H29N3O3S.HI/c1-4-16-15(17-10-9-14(19)21-3)18-12-7-6-8-13(11-12)22(20)5-2;/h12-13H,4-11H2,1-3H3,(H2,16,17,18);1H. The number of hydrogen-bond acceptors (Lipinski definition) is 4. The van der Waals surface area contributed by atoms with Crippen molar-refractivity contribution in [1.29, 1.82) is 0 Å². The van der Waals surface area contributed by atoms with E-state index in [9.17, 15) is 9.00 Å². The third kappa shape index (κ3) is 8.88. The molecule has 0 aliphatic heterocycles. The van der Waals surface area contributed by atoms with Crippen molar-refractivity contribution in [2.75, 3.05) is 26.0 Å². The number of ether oxygens (including phenoxy) is 1. The van der Waals surface area contributed by atoms with Crippen molar-refractivity contribution in [3.8, 4) is 0 Å². The first kappa shape index (κ1) is 22.6. The lowest BCUT2D eigenvalue weighted by Crippen LogP contribution is -2.46. The second kappa shape index (κ2) is 13.0. The fourth-order valence-electron chi connectivity index (χ4n) is 2.62. The van der Waals surface area contributed by atoms with Gasteiger partial charge in [-0.05, 0) is 26.2 Å². The van der Waals surface area contributed by atoms with Crippen molar-refractivity contribution in [3.05, 3.63) is 0 Å². The first-order valence-corrected chi connectivity index (χ1v) is 9.47. The summed E-state index contributed by atoms with van der Waals surface area (Å²) in [5.41, 5.74) is 0. The van der Waals surface area contributed by atoms with Crippen LogP contribution in [0.4, 0.5) is 0 Å². The molecule has 1 saturated carbocycles. The van der Waals surface area contributed by atoms with Crippen molar-refractivity contribution in [3.63, 3.8) is 0 Å². The van der Waals surface area contributed by atoms with Gasteiger partial charge in [0.1, 0.15) is 0 Å². The van der Waals surface area contributed by atoms with Crippen LogP contribution in [0, 0.1) is 0 Å². The van der Waals surface area contributed by atoms with Crippen molar-refractivity contribution in [2.24, 2.45) is 4.99 Å². The maximum atomic E-state index is 12.0. The Balaban J connectivity index is 0.00000484. The number of esters is 1. The van der Waals surface area contributed by atoms with Crippen LogP contribution < -0.4 is 10.6 Å². The first-order valence-electron chi connectivity index (χ1n) is 8.09. The number of aliphatic imine (C=N–C) groups is 1. The van der Waals surface area contributed by atoms with Crippen LogP contribution in [0.1, 0.15) is 46.0 Å². The molecule has 6 nitrogen and oxygen atoms in total. The van der Waals surface area contributed by atoms with Crippen LogP contribution in [-0.4, -0.2) is 53.4 Å². The molecule has 8 heteroatoms. The third-order valence-electron chi connectivity index (χ3n) is 3.78. The third-order valence-corrected chi connectivity index (χ3v) is 5.52. The van der Waals surface area contributed by atoms with Gasteiger partial charge in [0.25, 0.3) is 0 Å². The maximum absolute atomic E-state index is 12.0. The van der Waals surface area contributed by atoms with E-state index in [4.69, 9.17) is 0 Å². The summed E-state index contributed by atoms with van der Waals surface area (Å²) in [6, 6.07) is 0.296. The Kier molecular flexibility index (Phi) is 12.8. The van der Waals surface area contributed by atoms with E-state index >= 15 is 0 Å². The number of hydrogen-bond donors (Lipinski definition) is 2. The summed E-state index contributed by atoms with van der Waals surface area (Å²) in [7, 11) is 0.654. The predicted molar refractivity (Wildman–Crippen MR) is 106 cm³/mol. The van der Waals surface area contributed by atoms with Crippen LogP contribution in [0.5, 0.6) is 0 Å². The van der Waals surface area contributed by atoms with Crippen LogP contribution in [0.3, 0.4) is 0 Å². The van der Waals surface area contributed by atoms with Gasteiger partial charge in [-0.3, -0.25) is 14.0 Å². The molecular formula is C15H30IN3O3S. The van der Waals surface area contributed by atoms with E-state index in [0.29, 0.717) is 12.6 Å². The molecule has 0 heterocycles. The zero-order valence-electron chi connectivity index (χ0n) is 14.3. The van der Waals surface area contributed by atoms with E-state index in [1.54, 1.807) is 0 Å². The van der Waals surface area contributed by atoms with Crippen LogP contribution >= 0.6 is 24.0 Å². The van der Waals surface area contributed by atoms with Crippen LogP contribution in [-0.2, 0) is 20.3 Å². The number of halogens is 1. The number of nitrogens with one attached hydrogen (secondary N) is 2. The molecule has 0 radical (unpaired) electrons. The smallest absolute Gasteiger partial charge is 0.307 e. The molecule has 0 amide bonds. The van der Waals surface area contributed by atoms with E-state index in [0.717, 1.165) is 43.9 Å². The molecule has 0 aromatic heterocycles. The van der Waals surface area contributed by atoms with E-state index in [-0.39, 0.29) is 41.6 Å². The molecular weight excluding hydrogens is 429 g/mol. The normalized spacial score (nSPS) is 22.7. The van der Waals surface area contributed by atoms with E-state index in [1.807, 2.05) is 13.8 Å². The molecule has 1 fully saturated rings. The minimum absolute atomic E-state index is 0. The summed E-state index contributed by atoms with van der Waals surface area (Å²) >= 11 is 0. The van der Waals surface area contributed by atoms with Crippen LogP contribution in [0.25, 0.3) is 0 Å². The molecule has 136 valence electrons. The second-order valence-electron chi connectivity index (χ2n) is 5.39. The summed E-state index contributed by atoms with van der Waals surface area (Å²) < 4.78 is 16.6. The van der Waals surface area contributed by atoms with Gasteiger partial charge in [-0.25, -0.2) is 0 Å². The SMILES string of the molecule is CCNC(=NCCC(=O)OC)NC1CCCC(S(=O)CC)C1.I.